The van der Waals surface area contributed by atoms with Gasteiger partial charge in [0.05, 0.1) is 6.61 Å². The minimum atomic E-state index is -0.424. The molecular weight excluding hydrogens is 264 g/mol. The monoisotopic (exact) mass is 282 g/mol. The van der Waals surface area contributed by atoms with Gasteiger partial charge in [-0.15, -0.1) is 0 Å². The zero-order chi connectivity index (χ0) is 15.2. The van der Waals surface area contributed by atoms with Crippen molar-refractivity contribution in [1.29, 1.82) is 0 Å². The maximum Gasteiger partial charge on any atom is 0.330 e. The van der Waals surface area contributed by atoms with Gasteiger partial charge in [-0.05, 0) is 40.8 Å². The predicted octanol–water partition coefficient (Wildman–Crippen LogP) is 3.38. The Morgan fingerprint density at radius 3 is 2.48 bits per heavy atom. The Hall–Kier alpha value is -2.39. The Kier molecular flexibility index (Phi) is 4.90. The van der Waals surface area contributed by atoms with Crippen LogP contribution < -0.4 is 0 Å². The largest absolute Gasteiger partial charge is 0.458 e. The molecule has 0 bridgehead atoms. The first-order valence-electron chi connectivity index (χ1n) is 6.73. The van der Waals surface area contributed by atoms with Crippen LogP contribution in [0.3, 0.4) is 0 Å². The zero-order valence-electron chi connectivity index (χ0n) is 12.0. The fourth-order valence-electron chi connectivity index (χ4n) is 2.02. The van der Waals surface area contributed by atoms with Crippen LogP contribution in [-0.2, 0) is 22.7 Å². The summed E-state index contributed by atoms with van der Waals surface area (Å²) >= 11 is 0. The van der Waals surface area contributed by atoms with Gasteiger partial charge in [-0.1, -0.05) is 43.0 Å². The molecule has 2 aromatic rings. The molecule has 0 atom stereocenters. The Balaban J connectivity index is 2.24. The van der Waals surface area contributed by atoms with E-state index in [4.69, 9.17) is 9.84 Å². The second-order valence-electron chi connectivity index (χ2n) is 4.81. The molecule has 0 radical (unpaired) electrons. The van der Waals surface area contributed by atoms with E-state index >= 15 is 0 Å². The highest BCUT2D eigenvalue weighted by Crippen LogP contribution is 2.23. The third-order valence-electron chi connectivity index (χ3n) is 3.36. The molecular formula is C18H18O3. The molecule has 0 saturated carbocycles. The first-order valence-corrected chi connectivity index (χ1v) is 6.73. The standard InChI is InChI=1S/C18H18O3/c1-3-18(20)21-12-17-10-16(7-4-13(17)2)15-8-5-14(11-19)6-9-15/h3-10,19H,1,11-12H2,2H3. The molecule has 0 saturated heterocycles. The Labute approximate surface area is 124 Å². The number of carbonyl (C=O) groups excluding carboxylic acids is 1. The number of ether oxygens (including phenoxy) is 1. The molecule has 108 valence electrons. The highest BCUT2D eigenvalue weighted by molar-refractivity contribution is 5.81. The topological polar surface area (TPSA) is 46.5 Å². The van der Waals surface area contributed by atoms with Crippen molar-refractivity contribution in [1.82, 2.24) is 0 Å². The summed E-state index contributed by atoms with van der Waals surface area (Å²) in [5.41, 5.74) is 5.03. The summed E-state index contributed by atoms with van der Waals surface area (Å²) in [6, 6.07) is 13.8. The van der Waals surface area contributed by atoms with Crippen LogP contribution in [0.5, 0.6) is 0 Å². The molecule has 3 heteroatoms. The summed E-state index contributed by atoms with van der Waals surface area (Å²) in [6.45, 7) is 5.64. The third-order valence-corrected chi connectivity index (χ3v) is 3.36. The number of rotatable bonds is 5. The van der Waals surface area contributed by atoms with E-state index in [0.29, 0.717) is 0 Å². The number of carbonyl (C=O) groups is 1. The molecule has 0 spiro atoms. The van der Waals surface area contributed by atoms with Gasteiger partial charge in [0.1, 0.15) is 6.61 Å². The van der Waals surface area contributed by atoms with Crippen LogP contribution in [0.25, 0.3) is 11.1 Å². The first kappa shape index (κ1) is 15.0. The lowest BCUT2D eigenvalue weighted by atomic mass is 9.99. The normalized spacial score (nSPS) is 10.2. The van der Waals surface area contributed by atoms with E-state index in [-0.39, 0.29) is 13.2 Å². The Morgan fingerprint density at radius 2 is 1.86 bits per heavy atom. The summed E-state index contributed by atoms with van der Waals surface area (Å²) in [7, 11) is 0. The summed E-state index contributed by atoms with van der Waals surface area (Å²) < 4.78 is 5.10. The molecule has 0 aliphatic heterocycles. The average Bonchev–Trinajstić information content (AvgIpc) is 2.54. The van der Waals surface area contributed by atoms with Crippen LogP contribution in [0.2, 0.25) is 0 Å². The molecule has 0 heterocycles. The van der Waals surface area contributed by atoms with Gasteiger partial charge in [0.15, 0.2) is 0 Å². The van der Waals surface area contributed by atoms with Gasteiger partial charge in [0, 0.05) is 6.08 Å². The number of esters is 1. The molecule has 0 aliphatic carbocycles. The fourth-order valence-corrected chi connectivity index (χ4v) is 2.02. The first-order chi connectivity index (χ1) is 10.1. The average molecular weight is 282 g/mol. The Bertz CT molecular complexity index is 642. The summed E-state index contributed by atoms with van der Waals surface area (Å²) in [5.74, 6) is -0.424. The van der Waals surface area contributed by atoms with Gasteiger partial charge in [-0.25, -0.2) is 4.79 Å². The number of aliphatic hydroxyl groups is 1. The highest BCUT2D eigenvalue weighted by atomic mass is 16.5. The fraction of sp³-hybridized carbons (Fsp3) is 0.167. The van der Waals surface area contributed by atoms with E-state index in [1.54, 1.807) is 0 Å². The highest BCUT2D eigenvalue weighted by Gasteiger charge is 2.05. The lowest BCUT2D eigenvalue weighted by molar-refractivity contribution is -0.138. The lowest BCUT2D eigenvalue weighted by Gasteiger charge is -2.10. The quantitative estimate of drug-likeness (QED) is 0.675. The van der Waals surface area contributed by atoms with E-state index in [9.17, 15) is 4.79 Å². The second-order valence-corrected chi connectivity index (χ2v) is 4.81. The van der Waals surface area contributed by atoms with Crippen molar-refractivity contribution in [3.8, 4) is 11.1 Å². The molecule has 0 amide bonds. The molecule has 2 rings (SSSR count). The van der Waals surface area contributed by atoms with Crippen molar-refractivity contribution in [2.24, 2.45) is 0 Å². The summed E-state index contributed by atoms with van der Waals surface area (Å²) in [5, 5.41) is 9.07. The van der Waals surface area contributed by atoms with Crippen molar-refractivity contribution in [3.05, 3.63) is 71.8 Å². The van der Waals surface area contributed by atoms with E-state index in [1.807, 2.05) is 49.4 Å². The van der Waals surface area contributed by atoms with Gasteiger partial charge in [-0.3, -0.25) is 0 Å². The second kappa shape index (κ2) is 6.86. The van der Waals surface area contributed by atoms with Crippen molar-refractivity contribution in [3.63, 3.8) is 0 Å². The minimum absolute atomic E-state index is 0.0386. The van der Waals surface area contributed by atoms with Gasteiger partial charge >= 0.3 is 5.97 Å². The molecule has 0 aromatic heterocycles. The van der Waals surface area contributed by atoms with Crippen LogP contribution in [0.15, 0.2) is 55.1 Å². The summed E-state index contributed by atoms with van der Waals surface area (Å²) in [4.78, 5) is 11.2. The third kappa shape index (κ3) is 3.80. The van der Waals surface area contributed by atoms with Gasteiger partial charge in [0.25, 0.3) is 0 Å². The van der Waals surface area contributed by atoms with Crippen molar-refractivity contribution in [2.45, 2.75) is 20.1 Å². The predicted molar refractivity (Wildman–Crippen MR) is 82.5 cm³/mol. The SMILES string of the molecule is C=CC(=O)OCc1cc(-c2ccc(CO)cc2)ccc1C. The Morgan fingerprint density at radius 1 is 1.19 bits per heavy atom. The van der Waals surface area contributed by atoms with Crippen molar-refractivity contribution < 1.29 is 14.6 Å². The smallest absolute Gasteiger partial charge is 0.330 e. The van der Waals surface area contributed by atoms with Crippen LogP contribution in [0.4, 0.5) is 0 Å². The van der Waals surface area contributed by atoms with E-state index in [0.717, 1.165) is 33.9 Å². The molecule has 0 unspecified atom stereocenters. The van der Waals surface area contributed by atoms with Gasteiger partial charge < -0.3 is 9.84 Å². The number of benzene rings is 2. The van der Waals surface area contributed by atoms with Crippen molar-refractivity contribution >= 4 is 5.97 Å². The molecule has 1 N–H and O–H groups in total. The number of hydrogen-bond donors (Lipinski definition) is 1. The number of aryl methyl sites for hydroxylation is 1. The number of aliphatic hydroxyl groups excluding tert-OH is 1. The zero-order valence-corrected chi connectivity index (χ0v) is 12.0. The van der Waals surface area contributed by atoms with E-state index in [1.165, 1.54) is 0 Å². The minimum Gasteiger partial charge on any atom is -0.458 e. The summed E-state index contributed by atoms with van der Waals surface area (Å²) in [6.07, 6.45) is 1.16. The molecule has 21 heavy (non-hydrogen) atoms. The maximum absolute atomic E-state index is 11.2. The molecule has 2 aromatic carbocycles. The maximum atomic E-state index is 11.2. The van der Waals surface area contributed by atoms with Crippen LogP contribution in [0, 0.1) is 6.92 Å². The lowest BCUT2D eigenvalue weighted by Crippen LogP contribution is -2.01. The van der Waals surface area contributed by atoms with Gasteiger partial charge in [-0.2, -0.15) is 0 Å². The van der Waals surface area contributed by atoms with Crippen molar-refractivity contribution in [2.75, 3.05) is 0 Å². The number of hydrogen-bond acceptors (Lipinski definition) is 3. The molecule has 0 aliphatic rings. The van der Waals surface area contributed by atoms with E-state index < -0.39 is 5.97 Å². The van der Waals surface area contributed by atoms with Crippen LogP contribution >= 0.6 is 0 Å². The van der Waals surface area contributed by atoms with E-state index in [2.05, 4.69) is 6.58 Å². The molecule has 0 fully saturated rings. The molecule has 3 nitrogen and oxygen atoms in total. The van der Waals surface area contributed by atoms with Crippen LogP contribution in [0.1, 0.15) is 16.7 Å². The van der Waals surface area contributed by atoms with Gasteiger partial charge in [0.2, 0.25) is 0 Å². The van der Waals surface area contributed by atoms with Crippen LogP contribution in [-0.4, -0.2) is 11.1 Å².